The summed E-state index contributed by atoms with van der Waals surface area (Å²) in [6.45, 7) is 1.19. The van der Waals surface area contributed by atoms with Crippen LogP contribution in [0, 0.1) is 0 Å². The molecule has 12 heteroatoms. The molecular weight excluding hydrogens is 520 g/mol. The van der Waals surface area contributed by atoms with Crippen molar-refractivity contribution in [3.8, 4) is 5.75 Å². The minimum absolute atomic E-state index is 0.0979. The third kappa shape index (κ3) is 4.83. The monoisotopic (exact) mass is 548 g/mol. The Balaban J connectivity index is 1.35. The highest BCUT2D eigenvalue weighted by Gasteiger charge is 2.34. The van der Waals surface area contributed by atoms with Gasteiger partial charge in [-0.3, -0.25) is 24.2 Å². The smallest absolute Gasteiger partial charge is 0.295 e. The Morgan fingerprint density at radius 1 is 1.08 bits per heavy atom. The molecule has 2 aliphatic rings. The molecule has 1 atom stereocenters. The van der Waals surface area contributed by atoms with Crippen molar-refractivity contribution in [2.45, 2.75) is 5.37 Å². The zero-order valence-electron chi connectivity index (χ0n) is 21.8. The van der Waals surface area contributed by atoms with Gasteiger partial charge in [-0.15, -0.1) is 0 Å². The van der Waals surface area contributed by atoms with E-state index in [9.17, 15) is 19.2 Å². The molecule has 2 N–H and O–H groups in total. The number of carbonyl (C=O) groups is 4. The molecule has 0 spiro atoms. The molecule has 1 unspecified atom stereocenters. The lowest BCUT2D eigenvalue weighted by atomic mass is 10.1. The number of amides is 3. The maximum Gasteiger partial charge on any atom is 0.295 e. The second-order valence-electron chi connectivity index (χ2n) is 9.15. The Morgan fingerprint density at radius 2 is 1.77 bits per heavy atom. The number of thioether (sulfide) groups is 1. The van der Waals surface area contributed by atoms with Crippen molar-refractivity contribution in [1.29, 1.82) is 0 Å². The number of likely N-dealkylation sites (N-methyl/N-ethyl adjacent to an activating group) is 1. The summed E-state index contributed by atoms with van der Waals surface area (Å²) in [6.07, 6.45) is 4.76. The molecule has 5 rings (SSSR count). The van der Waals surface area contributed by atoms with E-state index in [-0.39, 0.29) is 35.8 Å². The van der Waals surface area contributed by atoms with Crippen molar-refractivity contribution in [1.82, 2.24) is 30.0 Å². The molecule has 3 aromatic rings. The number of pyridine rings is 1. The van der Waals surface area contributed by atoms with Crippen LogP contribution in [-0.2, 0) is 9.59 Å². The van der Waals surface area contributed by atoms with Crippen molar-refractivity contribution in [2.24, 2.45) is 0 Å². The summed E-state index contributed by atoms with van der Waals surface area (Å²) in [5.74, 6) is -1.25. The first-order chi connectivity index (χ1) is 18.8. The van der Waals surface area contributed by atoms with Crippen LogP contribution in [-0.4, -0.2) is 95.6 Å². The first-order valence-corrected chi connectivity index (χ1v) is 13.3. The standard InChI is InChI=1S/C27H28N6O5S/c1-28-24(35)19-15-31(2)27(39-19)22-21-20(18(38-3)14-30-22)17(13-29-21)23(34)26(37)33-11-9-32(10-12-33)25(36)16-7-5-4-6-8-16/h4-8,13-15,27,29H,9-12H2,1-3H3,(H,28,35). The van der Waals surface area contributed by atoms with Crippen LogP contribution in [0.2, 0.25) is 0 Å². The van der Waals surface area contributed by atoms with Crippen LogP contribution in [0.4, 0.5) is 0 Å². The van der Waals surface area contributed by atoms with Gasteiger partial charge in [-0.1, -0.05) is 30.0 Å². The molecule has 4 heterocycles. The van der Waals surface area contributed by atoms with Gasteiger partial charge in [0.05, 0.1) is 40.4 Å². The summed E-state index contributed by atoms with van der Waals surface area (Å²) in [7, 11) is 4.89. The second kappa shape index (κ2) is 10.8. The minimum Gasteiger partial charge on any atom is -0.494 e. The van der Waals surface area contributed by atoms with Crippen molar-refractivity contribution < 1.29 is 23.9 Å². The first kappa shape index (κ1) is 26.3. The number of nitrogens with one attached hydrogen (secondary N) is 2. The van der Waals surface area contributed by atoms with Crippen LogP contribution in [0.25, 0.3) is 10.9 Å². The Labute approximate surface area is 229 Å². The summed E-state index contributed by atoms with van der Waals surface area (Å²) in [5.41, 5.74) is 1.93. The van der Waals surface area contributed by atoms with Crippen molar-refractivity contribution in [3.63, 3.8) is 0 Å². The molecule has 2 aromatic heterocycles. The van der Waals surface area contributed by atoms with Gasteiger partial charge >= 0.3 is 0 Å². The molecule has 11 nitrogen and oxygen atoms in total. The number of carbonyl (C=O) groups excluding carboxylic acids is 4. The van der Waals surface area contributed by atoms with Crippen LogP contribution in [0.1, 0.15) is 31.8 Å². The summed E-state index contributed by atoms with van der Waals surface area (Å²) in [6, 6.07) is 8.98. The van der Waals surface area contributed by atoms with E-state index >= 15 is 0 Å². The molecule has 39 heavy (non-hydrogen) atoms. The van der Waals surface area contributed by atoms with E-state index in [1.807, 2.05) is 30.1 Å². The Hall–Kier alpha value is -4.32. The average molecular weight is 549 g/mol. The van der Waals surface area contributed by atoms with Gasteiger partial charge in [0, 0.05) is 58.2 Å². The number of H-pyrrole nitrogens is 1. The van der Waals surface area contributed by atoms with Gasteiger partial charge in [0.15, 0.2) is 0 Å². The number of aromatic amines is 1. The molecule has 1 aromatic carbocycles. The summed E-state index contributed by atoms with van der Waals surface area (Å²) in [4.78, 5) is 64.9. The third-order valence-electron chi connectivity index (χ3n) is 6.85. The predicted molar refractivity (Wildman–Crippen MR) is 146 cm³/mol. The van der Waals surface area contributed by atoms with E-state index in [0.29, 0.717) is 45.9 Å². The summed E-state index contributed by atoms with van der Waals surface area (Å²) in [5, 5.41) is 2.76. The van der Waals surface area contributed by atoms with E-state index < -0.39 is 11.7 Å². The average Bonchev–Trinajstić information content (AvgIpc) is 3.60. The Kier molecular flexibility index (Phi) is 7.29. The van der Waals surface area contributed by atoms with Crippen molar-refractivity contribution in [3.05, 3.63) is 70.7 Å². The molecular formula is C27H28N6O5S. The zero-order valence-corrected chi connectivity index (χ0v) is 22.6. The number of nitrogens with zero attached hydrogens (tertiary/aromatic N) is 4. The van der Waals surface area contributed by atoms with E-state index in [4.69, 9.17) is 4.74 Å². The normalized spacial score (nSPS) is 17.3. The van der Waals surface area contributed by atoms with E-state index in [0.717, 1.165) is 0 Å². The number of benzene rings is 1. The number of Topliss-reactive ketones (excluding diaryl/α,β-unsaturated/α-hetero) is 1. The zero-order chi connectivity index (χ0) is 27.7. The molecule has 202 valence electrons. The highest BCUT2D eigenvalue weighted by atomic mass is 32.2. The first-order valence-electron chi connectivity index (χ1n) is 12.4. The molecule has 1 saturated heterocycles. The largest absolute Gasteiger partial charge is 0.494 e. The van der Waals surface area contributed by atoms with Crippen molar-refractivity contribution in [2.75, 3.05) is 47.4 Å². The van der Waals surface area contributed by atoms with Gasteiger partial charge in [0.1, 0.15) is 11.1 Å². The lowest BCUT2D eigenvalue weighted by Crippen LogP contribution is -2.52. The number of rotatable bonds is 6. The summed E-state index contributed by atoms with van der Waals surface area (Å²) >= 11 is 1.34. The lowest BCUT2D eigenvalue weighted by molar-refractivity contribution is -0.127. The molecule has 0 radical (unpaired) electrons. The highest BCUT2D eigenvalue weighted by molar-refractivity contribution is 8.04. The number of piperazine rings is 1. The van der Waals surface area contributed by atoms with Gasteiger partial charge in [-0.25, -0.2) is 0 Å². The Morgan fingerprint density at radius 3 is 2.44 bits per heavy atom. The van der Waals surface area contributed by atoms with Gasteiger partial charge < -0.3 is 29.7 Å². The molecule has 3 amide bonds. The van der Waals surface area contributed by atoms with Gasteiger partial charge in [-0.2, -0.15) is 0 Å². The predicted octanol–water partition coefficient (Wildman–Crippen LogP) is 2.00. The van der Waals surface area contributed by atoms with Crippen LogP contribution in [0.3, 0.4) is 0 Å². The molecule has 0 bridgehead atoms. The molecule has 0 aliphatic carbocycles. The number of fused-ring (bicyclic) bond motifs is 1. The maximum atomic E-state index is 13.5. The third-order valence-corrected chi connectivity index (χ3v) is 8.18. The SMILES string of the molecule is CNC(=O)C1=CN(C)C(c2ncc(OC)c3c(C(=O)C(=O)N4CCN(C(=O)c5ccccc5)CC4)c[nH]c23)S1. The number of hydrogen-bond acceptors (Lipinski definition) is 8. The van der Waals surface area contributed by atoms with Gasteiger partial charge in [-0.05, 0) is 12.1 Å². The maximum absolute atomic E-state index is 13.5. The number of ketones is 1. The fourth-order valence-electron chi connectivity index (χ4n) is 4.76. The topological polar surface area (TPSA) is 128 Å². The fourth-order valence-corrected chi connectivity index (χ4v) is 5.96. The quantitative estimate of drug-likeness (QED) is 0.354. The molecule has 1 fully saturated rings. The fraction of sp³-hybridized carbons (Fsp3) is 0.296. The van der Waals surface area contributed by atoms with Crippen molar-refractivity contribution >= 4 is 46.2 Å². The number of aromatic nitrogens is 2. The number of hydrogen-bond donors (Lipinski definition) is 2. The minimum atomic E-state index is -0.670. The highest BCUT2D eigenvalue weighted by Crippen LogP contribution is 2.45. The van der Waals surface area contributed by atoms with E-state index in [1.165, 1.54) is 36.2 Å². The van der Waals surface area contributed by atoms with E-state index in [2.05, 4.69) is 15.3 Å². The van der Waals surface area contributed by atoms with E-state index in [1.54, 1.807) is 30.3 Å². The second-order valence-corrected chi connectivity index (χ2v) is 10.3. The number of ether oxygens (including phenoxy) is 1. The molecule has 0 saturated carbocycles. The van der Waals surface area contributed by atoms with Crippen LogP contribution in [0.5, 0.6) is 5.75 Å². The number of methoxy groups -OCH3 is 1. The lowest BCUT2D eigenvalue weighted by Gasteiger charge is -2.34. The van der Waals surface area contributed by atoms with Crippen LogP contribution >= 0.6 is 11.8 Å². The van der Waals surface area contributed by atoms with Crippen LogP contribution < -0.4 is 10.1 Å². The molecule has 2 aliphatic heterocycles. The van der Waals surface area contributed by atoms with Gasteiger partial charge in [0.2, 0.25) is 0 Å². The Bertz CT molecular complexity index is 1480. The van der Waals surface area contributed by atoms with Crippen LogP contribution in [0.15, 0.2) is 53.8 Å². The summed E-state index contributed by atoms with van der Waals surface area (Å²) < 4.78 is 5.50. The van der Waals surface area contributed by atoms with Gasteiger partial charge in [0.25, 0.3) is 23.5 Å².